The van der Waals surface area contributed by atoms with Crippen molar-refractivity contribution in [3.8, 4) is 0 Å². The van der Waals surface area contributed by atoms with Crippen LogP contribution in [0.2, 0.25) is 0 Å². The Hall–Kier alpha value is -1.92. The third-order valence-electron chi connectivity index (χ3n) is 10.0. The number of aliphatic hydroxyl groups is 2. The van der Waals surface area contributed by atoms with E-state index >= 15 is 0 Å². The molecular weight excluding hydrogens is 647 g/mol. The first-order valence-corrected chi connectivity index (χ1v) is 22.2. The van der Waals surface area contributed by atoms with Crippen LogP contribution in [0.15, 0.2) is 36.5 Å². The minimum absolute atomic E-state index is 0.0745. The second-order valence-electron chi connectivity index (χ2n) is 15.1. The summed E-state index contributed by atoms with van der Waals surface area (Å²) in [5.41, 5.74) is 0. The normalized spacial score (nSPS) is 13.7. The molecular formula is C46H85NO5. The maximum atomic E-state index is 13.1. The van der Waals surface area contributed by atoms with E-state index in [9.17, 15) is 19.8 Å². The number of rotatable bonds is 39. The second kappa shape index (κ2) is 40.3. The molecule has 3 unspecified atom stereocenters. The van der Waals surface area contributed by atoms with E-state index in [1.165, 1.54) is 109 Å². The van der Waals surface area contributed by atoms with Crippen LogP contribution < -0.4 is 5.32 Å². The van der Waals surface area contributed by atoms with Crippen molar-refractivity contribution in [2.45, 2.75) is 238 Å². The highest BCUT2D eigenvalue weighted by Crippen LogP contribution is 2.17. The van der Waals surface area contributed by atoms with Gasteiger partial charge in [-0.3, -0.25) is 9.59 Å². The summed E-state index contributed by atoms with van der Waals surface area (Å²) in [6.45, 7) is 6.30. The molecule has 6 nitrogen and oxygen atoms in total. The fourth-order valence-electron chi connectivity index (χ4n) is 6.66. The van der Waals surface area contributed by atoms with Gasteiger partial charge < -0.3 is 20.3 Å². The molecule has 0 rings (SSSR count). The number of carbonyl (C=O) groups is 2. The number of unbranched alkanes of at least 4 members (excludes halogenated alkanes) is 23. The summed E-state index contributed by atoms with van der Waals surface area (Å²) in [5.74, 6) is -0.488. The van der Waals surface area contributed by atoms with Crippen molar-refractivity contribution in [1.82, 2.24) is 5.32 Å². The summed E-state index contributed by atoms with van der Waals surface area (Å²) >= 11 is 0. The average molecular weight is 732 g/mol. The fraction of sp³-hybridized carbons (Fsp3) is 0.826. The van der Waals surface area contributed by atoms with Gasteiger partial charge in [0, 0.05) is 6.42 Å². The summed E-state index contributed by atoms with van der Waals surface area (Å²) in [7, 11) is 0. The molecule has 0 radical (unpaired) electrons. The van der Waals surface area contributed by atoms with Gasteiger partial charge in [-0.15, -0.1) is 0 Å². The zero-order chi connectivity index (χ0) is 38.2. The van der Waals surface area contributed by atoms with Crippen LogP contribution in [0.5, 0.6) is 0 Å². The summed E-state index contributed by atoms with van der Waals surface area (Å²) < 4.78 is 5.87. The lowest BCUT2D eigenvalue weighted by Crippen LogP contribution is -2.46. The lowest BCUT2D eigenvalue weighted by molar-refractivity contribution is -0.151. The molecule has 1 amide bonds. The average Bonchev–Trinajstić information content (AvgIpc) is 3.13. The number of allylic oxidation sites excluding steroid dienone is 6. The standard InChI is InChI=1S/C46H85NO5/c1-4-7-10-13-16-19-21-22-23-24-25-27-30-33-36-39-46(51)52-42(37-34-31-28-18-15-12-9-6-3)40-45(50)47-43(41-48)44(49)38-35-32-29-26-20-17-14-11-8-5-2/h7,10,13,16,19,21,42-44,48-49H,4-6,8-9,11-12,14-15,17-18,20,22-41H2,1-3H3,(H,47,50)/b10-7+,16-13+,21-19+. The highest BCUT2D eigenvalue weighted by Gasteiger charge is 2.24. The molecule has 3 N–H and O–H groups in total. The molecule has 0 bridgehead atoms. The van der Waals surface area contributed by atoms with E-state index < -0.39 is 18.2 Å². The molecule has 304 valence electrons. The molecule has 0 aliphatic heterocycles. The van der Waals surface area contributed by atoms with Gasteiger partial charge in [0.1, 0.15) is 6.10 Å². The molecule has 0 aliphatic rings. The van der Waals surface area contributed by atoms with Crippen LogP contribution in [0.3, 0.4) is 0 Å². The van der Waals surface area contributed by atoms with E-state index in [0.717, 1.165) is 64.2 Å². The molecule has 0 aromatic carbocycles. The van der Waals surface area contributed by atoms with Crippen molar-refractivity contribution in [2.75, 3.05) is 6.61 Å². The molecule has 0 aliphatic carbocycles. The van der Waals surface area contributed by atoms with Gasteiger partial charge in [-0.05, 0) is 44.9 Å². The summed E-state index contributed by atoms with van der Waals surface area (Å²) in [6, 6.07) is -0.697. The van der Waals surface area contributed by atoms with Gasteiger partial charge in [0.25, 0.3) is 0 Å². The Bertz CT molecular complexity index is 869. The van der Waals surface area contributed by atoms with Crippen molar-refractivity contribution < 1.29 is 24.5 Å². The van der Waals surface area contributed by atoms with E-state index in [0.29, 0.717) is 19.3 Å². The van der Waals surface area contributed by atoms with Crippen LogP contribution >= 0.6 is 0 Å². The topological polar surface area (TPSA) is 95.9 Å². The molecule has 3 atom stereocenters. The van der Waals surface area contributed by atoms with Crippen LogP contribution in [0.25, 0.3) is 0 Å². The van der Waals surface area contributed by atoms with Crippen LogP contribution in [0.1, 0.15) is 220 Å². The predicted octanol–water partition coefficient (Wildman–Crippen LogP) is 12.6. The molecule has 0 spiro atoms. The maximum absolute atomic E-state index is 13.1. The van der Waals surface area contributed by atoms with Crippen LogP contribution in [0, 0.1) is 0 Å². The third-order valence-corrected chi connectivity index (χ3v) is 10.0. The van der Waals surface area contributed by atoms with Gasteiger partial charge in [-0.1, -0.05) is 198 Å². The van der Waals surface area contributed by atoms with E-state index in [-0.39, 0.29) is 24.9 Å². The van der Waals surface area contributed by atoms with Gasteiger partial charge in [0.15, 0.2) is 0 Å². The van der Waals surface area contributed by atoms with Gasteiger partial charge in [0.05, 0.1) is 25.2 Å². The molecule has 0 aromatic heterocycles. The first-order chi connectivity index (χ1) is 25.5. The number of amides is 1. The van der Waals surface area contributed by atoms with E-state index in [1.807, 2.05) is 0 Å². The molecule has 0 fully saturated rings. The number of aliphatic hydroxyl groups excluding tert-OH is 2. The number of nitrogens with one attached hydrogen (secondary N) is 1. The lowest BCUT2D eigenvalue weighted by Gasteiger charge is -2.24. The van der Waals surface area contributed by atoms with Gasteiger partial charge in [-0.25, -0.2) is 0 Å². The van der Waals surface area contributed by atoms with Crippen molar-refractivity contribution in [3.63, 3.8) is 0 Å². The zero-order valence-corrected chi connectivity index (χ0v) is 34.4. The smallest absolute Gasteiger partial charge is 0.306 e. The quantitative estimate of drug-likeness (QED) is 0.0332. The number of hydrogen-bond acceptors (Lipinski definition) is 5. The Labute approximate surface area is 322 Å². The Balaban J connectivity index is 4.50. The molecule has 6 heteroatoms. The zero-order valence-electron chi connectivity index (χ0n) is 34.4. The van der Waals surface area contributed by atoms with Crippen LogP contribution in [-0.4, -0.2) is 46.9 Å². The molecule has 0 saturated heterocycles. The largest absolute Gasteiger partial charge is 0.462 e. The monoisotopic (exact) mass is 732 g/mol. The van der Waals surface area contributed by atoms with Gasteiger partial charge in [-0.2, -0.15) is 0 Å². The molecule has 0 saturated carbocycles. The van der Waals surface area contributed by atoms with Crippen LogP contribution in [0.4, 0.5) is 0 Å². The molecule has 52 heavy (non-hydrogen) atoms. The predicted molar refractivity (Wildman–Crippen MR) is 222 cm³/mol. The summed E-state index contributed by atoms with van der Waals surface area (Å²) in [6.07, 6.45) is 44.9. The van der Waals surface area contributed by atoms with Crippen molar-refractivity contribution in [2.24, 2.45) is 0 Å². The van der Waals surface area contributed by atoms with Crippen LogP contribution in [-0.2, 0) is 14.3 Å². The Morgan fingerprint density at radius 3 is 1.56 bits per heavy atom. The Morgan fingerprint density at radius 2 is 1.04 bits per heavy atom. The lowest BCUT2D eigenvalue weighted by atomic mass is 10.0. The Kier molecular flexibility index (Phi) is 38.8. The Morgan fingerprint density at radius 1 is 0.577 bits per heavy atom. The minimum atomic E-state index is -0.783. The number of esters is 1. The highest BCUT2D eigenvalue weighted by molar-refractivity contribution is 5.77. The first kappa shape index (κ1) is 50.1. The SMILES string of the molecule is CC/C=C/C=C/C=C/CCCCCCCCCC(=O)OC(CCCCCCCCCC)CC(=O)NC(CO)C(O)CCCCCCCCCCCC. The number of hydrogen-bond donors (Lipinski definition) is 3. The summed E-state index contributed by atoms with van der Waals surface area (Å²) in [5, 5.41) is 23.5. The van der Waals surface area contributed by atoms with Gasteiger partial charge in [0.2, 0.25) is 5.91 Å². The number of ether oxygens (including phenoxy) is 1. The molecule has 0 heterocycles. The van der Waals surface area contributed by atoms with E-state index in [4.69, 9.17) is 4.74 Å². The molecule has 0 aromatic rings. The second-order valence-corrected chi connectivity index (χ2v) is 15.1. The fourth-order valence-corrected chi connectivity index (χ4v) is 6.66. The number of carbonyl (C=O) groups excluding carboxylic acids is 2. The minimum Gasteiger partial charge on any atom is -0.462 e. The van der Waals surface area contributed by atoms with Gasteiger partial charge >= 0.3 is 5.97 Å². The maximum Gasteiger partial charge on any atom is 0.306 e. The third kappa shape index (κ3) is 35.1. The highest BCUT2D eigenvalue weighted by atomic mass is 16.5. The first-order valence-electron chi connectivity index (χ1n) is 22.2. The van der Waals surface area contributed by atoms with E-state index in [2.05, 4.69) is 62.5 Å². The van der Waals surface area contributed by atoms with Crippen molar-refractivity contribution >= 4 is 11.9 Å². The summed E-state index contributed by atoms with van der Waals surface area (Å²) in [4.78, 5) is 25.9. The van der Waals surface area contributed by atoms with E-state index in [1.54, 1.807) is 0 Å². The van der Waals surface area contributed by atoms with Crippen molar-refractivity contribution in [1.29, 1.82) is 0 Å². The van der Waals surface area contributed by atoms with Crippen molar-refractivity contribution in [3.05, 3.63) is 36.5 Å².